The Balaban J connectivity index is 2.00. The van der Waals surface area contributed by atoms with Crippen molar-refractivity contribution in [3.05, 3.63) is 53.6 Å². The van der Waals surface area contributed by atoms with Crippen molar-refractivity contribution in [2.24, 2.45) is 0 Å². The molecular weight excluding hydrogens is 328 g/mol. The van der Waals surface area contributed by atoms with Gasteiger partial charge in [0.05, 0.1) is 20.8 Å². The Morgan fingerprint density at radius 3 is 2.50 bits per heavy atom. The number of nitrogens with one attached hydrogen (secondary N) is 1. The van der Waals surface area contributed by atoms with E-state index in [-0.39, 0.29) is 5.91 Å². The van der Waals surface area contributed by atoms with Crippen LogP contribution >= 0.6 is 0 Å². The first-order valence-corrected chi connectivity index (χ1v) is 8.72. The second kappa shape index (κ2) is 9.25. The third-order valence-corrected chi connectivity index (χ3v) is 4.20. The third-order valence-electron chi connectivity index (χ3n) is 4.20. The van der Waals surface area contributed by atoms with Crippen LogP contribution in [0.5, 0.6) is 11.5 Å². The van der Waals surface area contributed by atoms with Crippen molar-refractivity contribution in [1.82, 2.24) is 4.90 Å². The zero-order valence-electron chi connectivity index (χ0n) is 16.2. The fourth-order valence-electron chi connectivity index (χ4n) is 2.88. The summed E-state index contributed by atoms with van der Waals surface area (Å²) in [6, 6.07) is 13.6. The molecular formula is C21H28N2O3. The summed E-state index contributed by atoms with van der Waals surface area (Å²) in [5.74, 6) is 1.82. The van der Waals surface area contributed by atoms with E-state index in [0.29, 0.717) is 19.0 Å². The molecule has 2 rings (SSSR count). The van der Waals surface area contributed by atoms with Gasteiger partial charge in [0.1, 0.15) is 11.5 Å². The minimum atomic E-state index is -0.0342. The van der Waals surface area contributed by atoms with Crippen LogP contribution in [0, 0.1) is 0 Å². The number of rotatable bonds is 8. The van der Waals surface area contributed by atoms with Gasteiger partial charge in [-0.3, -0.25) is 9.69 Å². The number of nitrogens with zero attached hydrogens (tertiary/aromatic N) is 1. The highest BCUT2D eigenvalue weighted by Gasteiger charge is 2.13. The Morgan fingerprint density at radius 1 is 1.12 bits per heavy atom. The summed E-state index contributed by atoms with van der Waals surface area (Å²) in [5, 5.41) is 3.02. The van der Waals surface area contributed by atoms with Crippen molar-refractivity contribution in [2.45, 2.75) is 26.3 Å². The quantitative estimate of drug-likeness (QED) is 0.779. The van der Waals surface area contributed by atoms with Crippen LogP contribution in [0.25, 0.3) is 0 Å². The standard InChI is InChI=1S/C21H28N2O3/c1-15(2)18-8-6-7-9-19(18)22-21(24)14-23(3)13-16-10-11-17(25-4)12-20(16)26-5/h6-12,15H,13-14H2,1-5H3,(H,22,24). The number of methoxy groups -OCH3 is 2. The molecule has 0 aliphatic heterocycles. The van der Waals surface area contributed by atoms with E-state index in [0.717, 1.165) is 28.3 Å². The maximum Gasteiger partial charge on any atom is 0.238 e. The van der Waals surface area contributed by atoms with Crippen LogP contribution in [0.1, 0.15) is 30.9 Å². The Bertz CT molecular complexity index is 744. The normalized spacial score (nSPS) is 10.9. The van der Waals surface area contributed by atoms with Crippen LogP contribution in [-0.2, 0) is 11.3 Å². The molecule has 1 N–H and O–H groups in total. The number of amides is 1. The van der Waals surface area contributed by atoms with Gasteiger partial charge in [-0.25, -0.2) is 0 Å². The molecule has 0 unspecified atom stereocenters. The summed E-state index contributed by atoms with van der Waals surface area (Å²) in [6.45, 7) is 5.13. The van der Waals surface area contributed by atoms with Gasteiger partial charge in [-0.1, -0.05) is 38.1 Å². The van der Waals surface area contributed by atoms with Crippen molar-refractivity contribution in [1.29, 1.82) is 0 Å². The maximum atomic E-state index is 12.4. The zero-order valence-corrected chi connectivity index (χ0v) is 16.2. The lowest BCUT2D eigenvalue weighted by atomic mass is 10.0. The maximum absolute atomic E-state index is 12.4. The van der Waals surface area contributed by atoms with Gasteiger partial charge in [0.2, 0.25) is 5.91 Å². The molecule has 0 radical (unpaired) electrons. The van der Waals surface area contributed by atoms with E-state index >= 15 is 0 Å². The van der Waals surface area contributed by atoms with Crippen molar-refractivity contribution >= 4 is 11.6 Å². The molecule has 140 valence electrons. The minimum absolute atomic E-state index is 0.0342. The van der Waals surface area contributed by atoms with E-state index in [9.17, 15) is 4.79 Å². The number of benzene rings is 2. The molecule has 0 aliphatic rings. The summed E-state index contributed by atoms with van der Waals surface area (Å²) >= 11 is 0. The molecule has 0 atom stereocenters. The fraction of sp³-hybridized carbons (Fsp3) is 0.381. The van der Waals surface area contributed by atoms with Crippen LogP contribution in [0.3, 0.4) is 0 Å². The van der Waals surface area contributed by atoms with Crippen LogP contribution in [0.4, 0.5) is 5.69 Å². The summed E-state index contributed by atoms with van der Waals surface area (Å²) in [7, 11) is 5.17. The van der Waals surface area contributed by atoms with E-state index in [2.05, 4.69) is 19.2 Å². The summed E-state index contributed by atoms with van der Waals surface area (Å²) < 4.78 is 10.6. The summed E-state index contributed by atoms with van der Waals surface area (Å²) in [5.41, 5.74) is 3.02. The molecule has 0 saturated carbocycles. The van der Waals surface area contributed by atoms with Crippen LogP contribution < -0.4 is 14.8 Å². The van der Waals surface area contributed by atoms with Gasteiger partial charge in [0.25, 0.3) is 0 Å². The van der Waals surface area contributed by atoms with Crippen molar-refractivity contribution < 1.29 is 14.3 Å². The Kier molecular flexibility index (Phi) is 7.04. The van der Waals surface area contributed by atoms with Gasteiger partial charge in [-0.05, 0) is 30.7 Å². The number of likely N-dealkylation sites (N-methyl/N-ethyl adjacent to an activating group) is 1. The number of carbonyl (C=O) groups is 1. The molecule has 0 bridgehead atoms. The lowest BCUT2D eigenvalue weighted by molar-refractivity contribution is -0.117. The first kappa shape index (κ1) is 19.8. The zero-order chi connectivity index (χ0) is 19.1. The molecule has 0 saturated heterocycles. The SMILES string of the molecule is COc1ccc(CN(C)CC(=O)Nc2ccccc2C(C)C)c(OC)c1. The smallest absolute Gasteiger partial charge is 0.238 e. The largest absolute Gasteiger partial charge is 0.497 e. The molecule has 5 heteroatoms. The molecule has 2 aromatic rings. The van der Waals surface area contributed by atoms with Gasteiger partial charge < -0.3 is 14.8 Å². The topological polar surface area (TPSA) is 50.8 Å². The van der Waals surface area contributed by atoms with Gasteiger partial charge in [0, 0.05) is 23.9 Å². The number of para-hydroxylation sites is 1. The average Bonchev–Trinajstić information content (AvgIpc) is 2.62. The van der Waals surface area contributed by atoms with E-state index in [1.54, 1.807) is 14.2 Å². The van der Waals surface area contributed by atoms with E-state index in [4.69, 9.17) is 9.47 Å². The van der Waals surface area contributed by atoms with E-state index in [1.165, 1.54) is 0 Å². The Labute approximate surface area is 155 Å². The summed E-state index contributed by atoms with van der Waals surface area (Å²) in [6.07, 6.45) is 0. The molecule has 0 aliphatic carbocycles. The van der Waals surface area contributed by atoms with Gasteiger partial charge in [-0.15, -0.1) is 0 Å². The summed E-state index contributed by atoms with van der Waals surface area (Å²) in [4.78, 5) is 14.4. The predicted molar refractivity (Wildman–Crippen MR) is 105 cm³/mol. The van der Waals surface area contributed by atoms with Gasteiger partial charge in [0.15, 0.2) is 0 Å². The molecule has 0 heterocycles. The monoisotopic (exact) mass is 356 g/mol. The highest BCUT2D eigenvalue weighted by molar-refractivity contribution is 5.93. The van der Waals surface area contributed by atoms with Crippen molar-refractivity contribution in [3.63, 3.8) is 0 Å². The number of ether oxygens (including phenoxy) is 2. The Hall–Kier alpha value is -2.53. The second-order valence-electron chi connectivity index (χ2n) is 6.64. The van der Waals surface area contributed by atoms with Crippen LogP contribution in [-0.4, -0.2) is 38.6 Å². The molecule has 1 amide bonds. The van der Waals surface area contributed by atoms with Gasteiger partial charge in [-0.2, -0.15) is 0 Å². The van der Waals surface area contributed by atoms with Gasteiger partial charge >= 0.3 is 0 Å². The van der Waals surface area contributed by atoms with E-state index < -0.39 is 0 Å². The van der Waals surface area contributed by atoms with Crippen molar-refractivity contribution in [3.8, 4) is 11.5 Å². The lowest BCUT2D eigenvalue weighted by Crippen LogP contribution is -2.30. The second-order valence-corrected chi connectivity index (χ2v) is 6.64. The van der Waals surface area contributed by atoms with Crippen LogP contribution in [0.2, 0.25) is 0 Å². The minimum Gasteiger partial charge on any atom is -0.497 e. The molecule has 0 aromatic heterocycles. The molecule has 5 nitrogen and oxygen atoms in total. The molecule has 0 spiro atoms. The molecule has 2 aromatic carbocycles. The number of carbonyl (C=O) groups excluding carboxylic acids is 1. The first-order valence-electron chi connectivity index (χ1n) is 8.72. The molecule has 0 fully saturated rings. The highest BCUT2D eigenvalue weighted by atomic mass is 16.5. The van der Waals surface area contributed by atoms with E-state index in [1.807, 2.05) is 54.4 Å². The fourth-order valence-corrected chi connectivity index (χ4v) is 2.88. The van der Waals surface area contributed by atoms with Crippen molar-refractivity contribution in [2.75, 3.05) is 33.1 Å². The van der Waals surface area contributed by atoms with Crippen LogP contribution in [0.15, 0.2) is 42.5 Å². The number of hydrogen-bond donors (Lipinski definition) is 1. The molecule has 26 heavy (non-hydrogen) atoms. The number of hydrogen-bond acceptors (Lipinski definition) is 4. The third kappa shape index (κ3) is 5.23. The average molecular weight is 356 g/mol. The highest BCUT2D eigenvalue weighted by Crippen LogP contribution is 2.26. The number of anilines is 1. The first-order chi connectivity index (χ1) is 12.4. The Morgan fingerprint density at radius 2 is 1.85 bits per heavy atom. The lowest BCUT2D eigenvalue weighted by Gasteiger charge is -2.19. The predicted octanol–water partition coefficient (Wildman–Crippen LogP) is 3.90.